The van der Waals surface area contributed by atoms with E-state index in [1.807, 2.05) is 18.3 Å². The van der Waals surface area contributed by atoms with Gasteiger partial charge in [-0.05, 0) is 25.5 Å². The number of aryl methyl sites for hydroxylation is 2. The fourth-order valence-corrected chi connectivity index (χ4v) is 2.47. The van der Waals surface area contributed by atoms with Crippen molar-refractivity contribution in [2.24, 2.45) is 5.84 Å². The first-order chi connectivity index (χ1) is 8.72. The second-order valence-electron chi connectivity index (χ2n) is 3.94. The van der Waals surface area contributed by atoms with Crippen molar-refractivity contribution < 1.29 is 0 Å². The lowest BCUT2D eigenvalue weighted by molar-refractivity contribution is 1.06. The van der Waals surface area contributed by atoms with E-state index in [9.17, 15) is 0 Å². The highest BCUT2D eigenvalue weighted by atomic mass is 32.1. The number of hydrogen-bond acceptors (Lipinski definition) is 6. The maximum Gasteiger partial charge on any atom is 0.239 e. The summed E-state index contributed by atoms with van der Waals surface area (Å²) in [7, 11) is 0. The Morgan fingerprint density at radius 2 is 2.11 bits per heavy atom. The van der Waals surface area contributed by atoms with Crippen molar-refractivity contribution in [3.63, 3.8) is 0 Å². The molecule has 4 N–H and O–H groups in total. The zero-order chi connectivity index (χ0) is 13.0. The summed E-state index contributed by atoms with van der Waals surface area (Å²) in [5.74, 6) is 6.53. The molecule has 2 aromatic rings. The molecular weight excluding hydrogens is 246 g/mol. The minimum absolute atomic E-state index is 0.420. The highest BCUT2D eigenvalue weighted by molar-refractivity contribution is 7.12. The Morgan fingerprint density at radius 1 is 1.33 bits per heavy atom. The Bertz CT molecular complexity index is 523. The zero-order valence-corrected chi connectivity index (χ0v) is 11.3. The van der Waals surface area contributed by atoms with Crippen LogP contribution >= 0.6 is 11.3 Å². The number of aromatic nitrogens is 2. The van der Waals surface area contributed by atoms with Crippen molar-refractivity contribution in [3.05, 3.63) is 33.6 Å². The molecule has 0 unspecified atom stereocenters. The second kappa shape index (κ2) is 5.79. The number of hydrogen-bond donors (Lipinski definition) is 3. The fraction of sp³-hybridized carbons (Fsp3) is 0.333. The van der Waals surface area contributed by atoms with Gasteiger partial charge < -0.3 is 5.32 Å². The molecule has 0 aliphatic carbocycles. The average Bonchev–Trinajstić information content (AvgIpc) is 2.86. The predicted octanol–water partition coefficient (Wildman–Crippen LogP) is 2.31. The van der Waals surface area contributed by atoms with Gasteiger partial charge in [-0.15, -0.1) is 11.3 Å². The maximum absolute atomic E-state index is 5.30. The van der Waals surface area contributed by atoms with Gasteiger partial charge in [0.1, 0.15) is 5.82 Å². The minimum atomic E-state index is 0.420. The molecule has 0 aromatic carbocycles. The molecule has 0 amide bonds. The molecule has 18 heavy (non-hydrogen) atoms. The second-order valence-corrected chi connectivity index (χ2v) is 5.20. The molecule has 96 valence electrons. The molecule has 0 saturated carbocycles. The molecule has 0 bridgehead atoms. The molecule has 0 aliphatic rings. The average molecular weight is 263 g/mol. The van der Waals surface area contributed by atoms with Crippen LogP contribution in [0, 0.1) is 6.92 Å². The Balaban J connectivity index is 2.05. The summed E-state index contributed by atoms with van der Waals surface area (Å²) in [6.07, 6.45) is 2.83. The molecule has 6 heteroatoms. The van der Waals surface area contributed by atoms with Crippen LogP contribution in [-0.2, 0) is 13.0 Å². The minimum Gasteiger partial charge on any atom is -0.365 e. The molecular formula is C12H17N5S. The van der Waals surface area contributed by atoms with Crippen LogP contribution in [0.3, 0.4) is 0 Å². The van der Waals surface area contributed by atoms with E-state index in [0.717, 1.165) is 24.3 Å². The van der Waals surface area contributed by atoms with Crippen LogP contribution in [0.15, 0.2) is 18.3 Å². The summed E-state index contributed by atoms with van der Waals surface area (Å²) in [5.41, 5.74) is 3.45. The lowest BCUT2D eigenvalue weighted by Crippen LogP contribution is -2.12. The van der Waals surface area contributed by atoms with Gasteiger partial charge in [0.25, 0.3) is 0 Å². The van der Waals surface area contributed by atoms with Crippen LogP contribution in [-0.4, -0.2) is 9.97 Å². The van der Waals surface area contributed by atoms with Gasteiger partial charge in [-0.3, -0.25) is 5.43 Å². The lowest BCUT2D eigenvalue weighted by Gasteiger charge is -2.08. The molecule has 0 fully saturated rings. The van der Waals surface area contributed by atoms with Gasteiger partial charge >= 0.3 is 0 Å². The molecule has 5 nitrogen and oxygen atoms in total. The third kappa shape index (κ3) is 2.96. The Labute approximate surface area is 110 Å². The van der Waals surface area contributed by atoms with Gasteiger partial charge in [-0.1, -0.05) is 6.92 Å². The number of thiophene rings is 1. The molecule has 2 rings (SSSR count). The number of nitrogen functional groups attached to an aromatic ring is 1. The van der Waals surface area contributed by atoms with Crippen LogP contribution in [0.5, 0.6) is 0 Å². The van der Waals surface area contributed by atoms with Crippen LogP contribution in [0.1, 0.15) is 22.2 Å². The largest absolute Gasteiger partial charge is 0.365 e. The van der Waals surface area contributed by atoms with Crippen molar-refractivity contribution >= 4 is 23.1 Å². The summed E-state index contributed by atoms with van der Waals surface area (Å²) in [4.78, 5) is 11.0. The lowest BCUT2D eigenvalue weighted by atomic mass is 10.3. The van der Waals surface area contributed by atoms with Crippen LogP contribution < -0.4 is 16.6 Å². The van der Waals surface area contributed by atoms with Crippen molar-refractivity contribution in [2.75, 3.05) is 10.7 Å². The Morgan fingerprint density at radius 3 is 2.78 bits per heavy atom. The van der Waals surface area contributed by atoms with Crippen LogP contribution in [0.2, 0.25) is 0 Å². The van der Waals surface area contributed by atoms with Gasteiger partial charge in [-0.2, -0.15) is 4.98 Å². The smallest absolute Gasteiger partial charge is 0.239 e. The Kier molecular flexibility index (Phi) is 4.11. The number of nitrogens with one attached hydrogen (secondary N) is 2. The topological polar surface area (TPSA) is 75.9 Å². The standard InChI is InChI=1S/C12H17N5S/c1-3-9-4-5-10(18-9)7-14-11-8(2)6-15-12(16-11)17-13/h4-6H,3,7,13H2,1-2H3,(H2,14,15,16,17). The molecule has 0 spiro atoms. The van der Waals surface area contributed by atoms with Gasteiger partial charge in [0, 0.05) is 21.5 Å². The van der Waals surface area contributed by atoms with Gasteiger partial charge in [0.05, 0.1) is 6.54 Å². The van der Waals surface area contributed by atoms with E-state index < -0.39 is 0 Å². The maximum atomic E-state index is 5.30. The van der Waals surface area contributed by atoms with Crippen molar-refractivity contribution in [2.45, 2.75) is 26.8 Å². The van der Waals surface area contributed by atoms with Crippen LogP contribution in [0.4, 0.5) is 11.8 Å². The number of hydrazine groups is 1. The number of rotatable bonds is 5. The van der Waals surface area contributed by atoms with Crippen molar-refractivity contribution in [1.29, 1.82) is 0 Å². The highest BCUT2D eigenvalue weighted by Crippen LogP contribution is 2.19. The number of anilines is 2. The molecule has 0 aliphatic heterocycles. The van der Waals surface area contributed by atoms with Crippen molar-refractivity contribution in [1.82, 2.24) is 9.97 Å². The zero-order valence-electron chi connectivity index (χ0n) is 10.5. The van der Waals surface area contributed by atoms with E-state index in [-0.39, 0.29) is 0 Å². The van der Waals surface area contributed by atoms with Gasteiger partial charge in [-0.25, -0.2) is 10.8 Å². The summed E-state index contributed by atoms with van der Waals surface area (Å²) >= 11 is 1.82. The number of nitrogens with zero attached hydrogens (tertiary/aromatic N) is 2. The first-order valence-corrected chi connectivity index (χ1v) is 6.66. The van der Waals surface area contributed by atoms with E-state index in [4.69, 9.17) is 5.84 Å². The van der Waals surface area contributed by atoms with E-state index in [0.29, 0.717) is 5.95 Å². The monoisotopic (exact) mass is 263 g/mol. The third-order valence-corrected chi connectivity index (χ3v) is 3.83. The third-order valence-electron chi connectivity index (χ3n) is 2.60. The summed E-state index contributed by atoms with van der Waals surface area (Å²) in [6, 6.07) is 4.32. The molecule has 2 heterocycles. The summed E-state index contributed by atoms with van der Waals surface area (Å²) < 4.78 is 0. The quantitative estimate of drug-likeness (QED) is 0.570. The number of nitrogens with two attached hydrogens (primary N) is 1. The first kappa shape index (κ1) is 12.8. The normalized spacial score (nSPS) is 10.4. The molecule has 2 aromatic heterocycles. The van der Waals surface area contributed by atoms with E-state index in [1.54, 1.807) is 6.20 Å². The fourth-order valence-electron chi connectivity index (χ4n) is 1.57. The van der Waals surface area contributed by atoms with E-state index in [1.165, 1.54) is 9.75 Å². The molecule has 0 atom stereocenters. The van der Waals surface area contributed by atoms with Gasteiger partial charge in [0.2, 0.25) is 5.95 Å². The molecule has 0 saturated heterocycles. The SMILES string of the molecule is CCc1ccc(CNc2nc(NN)ncc2C)s1. The predicted molar refractivity (Wildman–Crippen MR) is 75.6 cm³/mol. The Hall–Kier alpha value is -1.66. The van der Waals surface area contributed by atoms with Crippen LogP contribution in [0.25, 0.3) is 0 Å². The first-order valence-electron chi connectivity index (χ1n) is 5.84. The summed E-state index contributed by atoms with van der Waals surface area (Å²) in [5, 5.41) is 3.31. The van der Waals surface area contributed by atoms with Gasteiger partial charge in [0.15, 0.2) is 0 Å². The van der Waals surface area contributed by atoms with E-state index >= 15 is 0 Å². The molecule has 0 radical (unpaired) electrons. The van der Waals surface area contributed by atoms with Crippen molar-refractivity contribution in [3.8, 4) is 0 Å². The van der Waals surface area contributed by atoms with E-state index in [2.05, 4.69) is 39.8 Å². The highest BCUT2D eigenvalue weighted by Gasteiger charge is 2.04. The summed E-state index contributed by atoms with van der Waals surface area (Å²) in [6.45, 7) is 4.90.